The fraction of sp³-hybridized carbons (Fsp3) is 0.357. The van der Waals surface area contributed by atoms with E-state index in [2.05, 4.69) is 26.3 Å². The Balaban J connectivity index is 2.20. The highest BCUT2D eigenvalue weighted by Crippen LogP contribution is 2.29. The minimum atomic E-state index is -0.502. The van der Waals surface area contributed by atoms with Gasteiger partial charge in [0, 0.05) is 11.1 Å². The van der Waals surface area contributed by atoms with Crippen LogP contribution in [-0.4, -0.2) is 28.8 Å². The van der Waals surface area contributed by atoms with Crippen molar-refractivity contribution in [1.82, 2.24) is 9.78 Å². The molecule has 0 aliphatic rings. The number of rotatable bonds is 4. The molecule has 0 aromatic carbocycles. The van der Waals surface area contributed by atoms with Crippen LogP contribution in [0.1, 0.15) is 33.9 Å². The Kier molecular flexibility index (Phi) is 5.02. The molecule has 0 saturated heterocycles. The lowest BCUT2D eigenvalue weighted by molar-refractivity contribution is -0.119. The molecule has 1 atom stereocenters. The predicted molar refractivity (Wildman–Crippen MR) is 88.4 cm³/mol. The van der Waals surface area contributed by atoms with Gasteiger partial charge in [0.05, 0.1) is 22.8 Å². The number of hydrogen-bond donors (Lipinski definition) is 1. The Bertz CT molecular complexity index is 703. The number of nitrogens with one attached hydrogen (secondary N) is 1. The highest BCUT2D eigenvalue weighted by atomic mass is 79.9. The lowest BCUT2D eigenvalue weighted by Crippen LogP contribution is -2.24. The van der Waals surface area contributed by atoms with Crippen LogP contribution in [0.25, 0.3) is 0 Å². The summed E-state index contributed by atoms with van der Waals surface area (Å²) in [4.78, 5) is 25.0. The Hall–Kier alpha value is -1.67. The third kappa shape index (κ3) is 3.38. The van der Waals surface area contributed by atoms with Crippen LogP contribution in [0.5, 0.6) is 0 Å². The number of carbonyl (C=O) groups is 2. The monoisotopic (exact) mass is 385 g/mol. The minimum absolute atomic E-state index is 0.248. The molecule has 0 fully saturated rings. The van der Waals surface area contributed by atoms with E-state index in [0.717, 1.165) is 15.0 Å². The van der Waals surface area contributed by atoms with Gasteiger partial charge in [-0.15, -0.1) is 11.3 Å². The zero-order chi connectivity index (χ0) is 16.4. The van der Waals surface area contributed by atoms with Gasteiger partial charge in [-0.25, -0.2) is 4.79 Å². The maximum Gasteiger partial charge on any atom is 0.340 e. The topological polar surface area (TPSA) is 73.2 Å². The summed E-state index contributed by atoms with van der Waals surface area (Å²) in [6.45, 7) is 5.46. The van der Waals surface area contributed by atoms with Crippen LogP contribution < -0.4 is 5.32 Å². The molecule has 2 aromatic heterocycles. The molecule has 0 spiro atoms. The number of anilines is 1. The molecule has 2 rings (SSSR count). The molecule has 6 nitrogen and oxygen atoms in total. The Morgan fingerprint density at radius 3 is 2.68 bits per heavy atom. The van der Waals surface area contributed by atoms with Crippen molar-refractivity contribution >= 4 is 44.1 Å². The van der Waals surface area contributed by atoms with E-state index < -0.39 is 12.0 Å². The predicted octanol–water partition coefficient (Wildman–Crippen LogP) is 3.31. The molecule has 22 heavy (non-hydrogen) atoms. The molecule has 0 aliphatic carbocycles. The van der Waals surface area contributed by atoms with Gasteiger partial charge in [-0.3, -0.25) is 9.48 Å². The summed E-state index contributed by atoms with van der Waals surface area (Å²) in [5, 5.41) is 7.54. The van der Waals surface area contributed by atoms with Gasteiger partial charge < -0.3 is 10.1 Å². The van der Waals surface area contributed by atoms with E-state index in [1.807, 2.05) is 13.8 Å². The zero-order valence-corrected chi connectivity index (χ0v) is 15.0. The first-order valence-corrected chi connectivity index (χ1v) is 8.15. The van der Waals surface area contributed by atoms with Gasteiger partial charge in [0.15, 0.2) is 0 Å². The molecule has 0 aliphatic heterocycles. The third-order valence-electron chi connectivity index (χ3n) is 3.13. The first kappa shape index (κ1) is 16.7. The molecular formula is C14H16BrN3O3S. The molecule has 0 radical (unpaired) electrons. The van der Waals surface area contributed by atoms with Crippen LogP contribution in [0.2, 0.25) is 0 Å². The van der Waals surface area contributed by atoms with E-state index in [9.17, 15) is 9.59 Å². The van der Waals surface area contributed by atoms with Crippen molar-refractivity contribution in [2.24, 2.45) is 0 Å². The first-order valence-electron chi connectivity index (χ1n) is 6.54. The first-order chi connectivity index (χ1) is 10.3. The van der Waals surface area contributed by atoms with E-state index in [1.165, 1.54) is 18.4 Å². The van der Waals surface area contributed by atoms with Crippen LogP contribution in [0.3, 0.4) is 0 Å². The van der Waals surface area contributed by atoms with Gasteiger partial charge in [0.25, 0.3) is 0 Å². The van der Waals surface area contributed by atoms with Crippen molar-refractivity contribution < 1.29 is 14.3 Å². The molecule has 1 amide bonds. The fourth-order valence-corrected chi connectivity index (χ4v) is 3.05. The van der Waals surface area contributed by atoms with E-state index in [4.69, 9.17) is 4.74 Å². The van der Waals surface area contributed by atoms with Gasteiger partial charge in [-0.05, 0) is 42.8 Å². The average Bonchev–Trinajstić information content (AvgIpc) is 3.00. The Morgan fingerprint density at radius 1 is 1.45 bits per heavy atom. The minimum Gasteiger partial charge on any atom is -0.465 e. The number of methoxy groups -OCH3 is 1. The molecule has 118 valence electrons. The fourth-order valence-electron chi connectivity index (χ4n) is 1.86. The summed E-state index contributed by atoms with van der Waals surface area (Å²) in [6.07, 6.45) is 1.75. The van der Waals surface area contributed by atoms with E-state index in [-0.39, 0.29) is 5.91 Å². The van der Waals surface area contributed by atoms with Crippen molar-refractivity contribution in [3.05, 3.63) is 32.9 Å². The number of esters is 1. The number of hydrogen-bond acceptors (Lipinski definition) is 5. The molecule has 1 N–H and O–H groups in total. The molecule has 2 aromatic rings. The number of aryl methyl sites for hydroxylation is 2. The third-order valence-corrected chi connectivity index (χ3v) is 4.87. The van der Waals surface area contributed by atoms with Crippen molar-refractivity contribution in [3.63, 3.8) is 0 Å². The number of carbonyl (C=O) groups excluding carboxylic acids is 2. The van der Waals surface area contributed by atoms with E-state index in [0.29, 0.717) is 10.6 Å². The average molecular weight is 386 g/mol. The van der Waals surface area contributed by atoms with Gasteiger partial charge in [0.1, 0.15) is 11.0 Å². The number of halogens is 1. The van der Waals surface area contributed by atoms with Crippen molar-refractivity contribution in [1.29, 1.82) is 0 Å². The maximum atomic E-state index is 12.4. The summed E-state index contributed by atoms with van der Waals surface area (Å²) in [6, 6.07) is 1.20. The summed E-state index contributed by atoms with van der Waals surface area (Å²) in [5.74, 6) is -0.716. The molecule has 1 unspecified atom stereocenters. The lowest BCUT2D eigenvalue weighted by Gasteiger charge is -2.12. The van der Waals surface area contributed by atoms with Crippen molar-refractivity contribution in [2.45, 2.75) is 26.8 Å². The number of thiophene rings is 1. The standard InChI is InChI=1S/C14H16BrN3O3S/c1-7-5-10(14(20)21-4)13(22-7)16-12(19)9(3)18-6-11(15)8(2)17-18/h5-6,9H,1-4H3,(H,16,19). The van der Waals surface area contributed by atoms with Crippen LogP contribution >= 0.6 is 27.3 Å². The highest BCUT2D eigenvalue weighted by molar-refractivity contribution is 9.10. The zero-order valence-electron chi connectivity index (χ0n) is 12.6. The second kappa shape index (κ2) is 6.62. The number of nitrogens with zero attached hydrogens (tertiary/aromatic N) is 2. The lowest BCUT2D eigenvalue weighted by atomic mass is 10.2. The SMILES string of the molecule is COC(=O)c1cc(C)sc1NC(=O)C(C)n1cc(Br)c(C)n1. The van der Waals surface area contributed by atoms with Crippen LogP contribution in [0.15, 0.2) is 16.7 Å². The summed E-state index contributed by atoms with van der Waals surface area (Å²) in [7, 11) is 1.31. The van der Waals surface area contributed by atoms with Crippen LogP contribution in [-0.2, 0) is 9.53 Å². The largest absolute Gasteiger partial charge is 0.465 e. The van der Waals surface area contributed by atoms with Gasteiger partial charge in [0.2, 0.25) is 5.91 Å². The van der Waals surface area contributed by atoms with Gasteiger partial charge in [-0.1, -0.05) is 0 Å². The Morgan fingerprint density at radius 2 is 2.14 bits per heavy atom. The number of amides is 1. The molecule has 8 heteroatoms. The quantitative estimate of drug-likeness (QED) is 0.819. The second-order valence-electron chi connectivity index (χ2n) is 4.80. The van der Waals surface area contributed by atoms with Gasteiger partial charge in [-0.2, -0.15) is 5.10 Å². The Labute approximate surface area is 140 Å². The normalized spacial score (nSPS) is 12.0. The molecule has 2 heterocycles. The summed E-state index contributed by atoms with van der Waals surface area (Å²) in [5.41, 5.74) is 1.17. The van der Waals surface area contributed by atoms with E-state index >= 15 is 0 Å². The summed E-state index contributed by atoms with van der Waals surface area (Å²) < 4.78 is 7.15. The number of aromatic nitrogens is 2. The van der Waals surface area contributed by atoms with Crippen LogP contribution in [0.4, 0.5) is 5.00 Å². The van der Waals surface area contributed by atoms with Crippen LogP contribution in [0, 0.1) is 13.8 Å². The highest BCUT2D eigenvalue weighted by Gasteiger charge is 2.22. The van der Waals surface area contributed by atoms with Crippen molar-refractivity contribution in [3.8, 4) is 0 Å². The number of ether oxygens (including phenoxy) is 1. The maximum absolute atomic E-state index is 12.4. The van der Waals surface area contributed by atoms with Gasteiger partial charge >= 0.3 is 5.97 Å². The van der Waals surface area contributed by atoms with E-state index in [1.54, 1.807) is 23.9 Å². The smallest absolute Gasteiger partial charge is 0.340 e. The summed E-state index contributed by atoms with van der Waals surface area (Å²) >= 11 is 4.71. The molecular weight excluding hydrogens is 370 g/mol. The molecule has 0 saturated carbocycles. The van der Waals surface area contributed by atoms with Crippen molar-refractivity contribution in [2.75, 3.05) is 12.4 Å². The molecule has 0 bridgehead atoms. The second-order valence-corrected chi connectivity index (χ2v) is 6.91.